The number of nitrogens with zero attached hydrogens (tertiary/aromatic N) is 2. The first kappa shape index (κ1) is 18.8. The Hall–Kier alpha value is -2.97. The van der Waals surface area contributed by atoms with Gasteiger partial charge in [0.25, 0.3) is 0 Å². The van der Waals surface area contributed by atoms with E-state index in [1.54, 1.807) is 17.5 Å². The summed E-state index contributed by atoms with van der Waals surface area (Å²) in [5.74, 6) is -1.50. The Balaban J connectivity index is 1.59. The SMILES string of the molecule is O=C(Cc1csc(-c2ccc(F)cc2)n1)N/N=C/c1cc(O)c(O)c(Cl)c1. The molecule has 0 unspecified atom stereocenters. The van der Waals surface area contributed by atoms with Crippen molar-refractivity contribution in [3.63, 3.8) is 0 Å². The van der Waals surface area contributed by atoms with Crippen LogP contribution in [0.2, 0.25) is 5.02 Å². The summed E-state index contributed by atoms with van der Waals surface area (Å²) in [6.07, 6.45) is 1.31. The zero-order chi connectivity index (χ0) is 19.4. The lowest BCUT2D eigenvalue weighted by Gasteiger charge is -2.02. The summed E-state index contributed by atoms with van der Waals surface area (Å²) in [4.78, 5) is 16.3. The van der Waals surface area contributed by atoms with Crippen molar-refractivity contribution in [2.24, 2.45) is 5.10 Å². The van der Waals surface area contributed by atoms with Crippen LogP contribution in [-0.4, -0.2) is 27.3 Å². The van der Waals surface area contributed by atoms with Gasteiger partial charge in [-0.25, -0.2) is 14.8 Å². The minimum atomic E-state index is -0.418. The molecule has 138 valence electrons. The third-order valence-corrected chi connectivity index (χ3v) is 4.68. The second kappa shape index (κ2) is 8.15. The van der Waals surface area contributed by atoms with Gasteiger partial charge in [0, 0.05) is 10.9 Å². The highest BCUT2D eigenvalue weighted by molar-refractivity contribution is 7.13. The van der Waals surface area contributed by atoms with Gasteiger partial charge in [-0.2, -0.15) is 5.10 Å². The summed E-state index contributed by atoms with van der Waals surface area (Å²) in [6.45, 7) is 0. The number of hydrogen-bond donors (Lipinski definition) is 3. The van der Waals surface area contributed by atoms with Crippen LogP contribution in [-0.2, 0) is 11.2 Å². The molecule has 0 aliphatic carbocycles. The molecule has 3 aromatic rings. The maximum Gasteiger partial charge on any atom is 0.246 e. The number of aromatic nitrogens is 1. The normalized spacial score (nSPS) is 11.0. The van der Waals surface area contributed by atoms with Crippen LogP contribution in [0.4, 0.5) is 4.39 Å². The van der Waals surface area contributed by atoms with Crippen LogP contribution in [0.3, 0.4) is 0 Å². The summed E-state index contributed by atoms with van der Waals surface area (Å²) in [7, 11) is 0. The Morgan fingerprint density at radius 2 is 2.04 bits per heavy atom. The van der Waals surface area contributed by atoms with Crippen LogP contribution in [0.5, 0.6) is 11.5 Å². The van der Waals surface area contributed by atoms with Crippen molar-refractivity contribution < 1.29 is 19.4 Å². The number of benzene rings is 2. The maximum atomic E-state index is 13.0. The van der Waals surface area contributed by atoms with Gasteiger partial charge in [0.05, 0.1) is 23.4 Å². The molecule has 0 spiro atoms. The number of thiazole rings is 1. The van der Waals surface area contributed by atoms with E-state index < -0.39 is 5.75 Å². The molecule has 3 N–H and O–H groups in total. The number of rotatable bonds is 5. The highest BCUT2D eigenvalue weighted by Gasteiger charge is 2.09. The van der Waals surface area contributed by atoms with Crippen molar-refractivity contribution in [2.45, 2.75) is 6.42 Å². The molecule has 1 amide bonds. The van der Waals surface area contributed by atoms with Gasteiger partial charge >= 0.3 is 0 Å². The van der Waals surface area contributed by atoms with Crippen LogP contribution < -0.4 is 5.43 Å². The topological polar surface area (TPSA) is 94.8 Å². The van der Waals surface area contributed by atoms with Crippen LogP contribution in [0.1, 0.15) is 11.3 Å². The highest BCUT2D eigenvalue weighted by atomic mass is 35.5. The minimum Gasteiger partial charge on any atom is -0.504 e. The molecular formula is C18H13ClFN3O3S. The highest BCUT2D eigenvalue weighted by Crippen LogP contribution is 2.33. The molecule has 0 aliphatic rings. The van der Waals surface area contributed by atoms with Gasteiger partial charge in [0.1, 0.15) is 10.8 Å². The molecule has 3 rings (SSSR count). The third-order valence-electron chi connectivity index (χ3n) is 3.45. The lowest BCUT2D eigenvalue weighted by atomic mass is 10.2. The number of hydrogen-bond acceptors (Lipinski definition) is 6. The van der Waals surface area contributed by atoms with Crippen molar-refractivity contribution in [2.75, 3.05) is 0 Å². The van der Waals surface area contributed by atoms with Gasteiger partial charge in [-0.3, -0.25) is 4.79 Å². The smallest absolute Gasteiger partial charge is 0.246 e. The van der Waals surface area contributed by atoms with Crippen LogP contribution >= 0.6 is 22.9 Å². The van der Waals surface area contributed by atoms with Crippen LogP contribution in [0, 0.1) is 5.82 Å². The number of phenolic OH excluding ortho intramolecular Hbond substituents is 2. The molecule has 1 heterocycles. The summed E-state index contributed by atoms with van der Waals surface area (Å²) >= 11 is 7.10. The maximum absolute atomic E-state index is 13.0. The second-order valence-electron chi connectivity index (χ2n) is 5.49. The van der Waals surface area contributed by atoms with Gasteiger partial charge in [0.2, 0.25) is 5.91 Å². The quantitative estimate of drug-likeness (QED) is 0.342. The number of nitrogens with one attached hydrogen (secondary N) is 1. The Kier molecular flexibility index (Phi) is 5.68. The molecule has 0 fully saturated rings. The minimum absolute atomic E-state index is 0.0244. The molecule has 1 aromatic heterocycles. The van der Waals surface area contributed by atoms with Gasteiger partial charge in [0.15, 0.2) is 11.5 Å². The molecule has 6 nitrogen and oxygen atoms in total. The molecule has 0 saturated carbocycles. The standard InChI is InChI=1S/C18H13ClFN3O3S/c19-14-5-10(6-15(24)17(14)26)8-21-23-16(25)7-13-9-27-18(22-13)11-1-3-12(20)4-2-11/h1-6,8-9,24,26H,7H2,(H,23,25)/b21-8+. The first-order valence-electron chi connectivity index (χ1n) is 7.66. The Bertz CT molecular complexity index is 982. The van der Waals surface area contributed by atoms with Crippen molar-refractivity contribution in [1.29, 1.82) is 0 Å². The monoisotopic (exact) mass is 405 g/mol. The van der Waals surface area contributed by atoms with E-state index in [1.807, 2.05) is 0 Å². The van der Waals surface area contributed by atoms with E-state index >= 15 is 0 Å². The Labute approximate surface area is 162 Å². The van der Waals surface area contributed by atoms with E-state index in [4.69, 9.17) is 11.6 Å². The molecule has 27 heavy (non-hydrogen) atoms. The van der Waals surface area contributed by atoms with E-state index in [0.717, 1.165) is 5.56 Å². The number of phenols is 2. The van der Waals surface area contributed by atoms with Gasteiger partial charge in [-0.05, 0) is 42.0 Å². The fraction of sp³-hybridized carbons (Fsp3) is 0.0556. The average molecular weight is 406 g/mol. The van der Waals surface area contributed by atoms with Crippen LogP contribution in [0.15, 0.2) is 46.9 Å². The Morgan fingerprint density at radius 3 is 2.74 bits per heavy atom. The summed E-state index contributed by atoms with van der Waals surface area (Å²) in [5, 5.41) is 25.1. The molecular weight excluding hydrogens is 393 g/mol. The third kappa shape index (κ3) is 4.81. The van der Waals surface area contributed by atoms with Crippen LogP contribution in [0.25, 0.3) is 10.6 Å². The van der Waals surface area contributed by atoms with Crippen molar-refractivity contribution >= 4 is 35.1 Å². The summed E-state index contributed by atoms with van der Waals surface area (Å²) < 4.78 is 13.0. The molecule has 0 radical (unpaired) electrons. The molecule has 0 saturated heterocycles. The molecule has 0 bridgehead atoms. The Morgan fingerprint density at radius 1 is 1.30 bits per heavy atom. The van der Waals surface area contributed by atoms with E-state index in [0.29, 0.717) is 16.3 Å². The van der Waals surface area contributed by atoms with Gasteiger partial charge in [-0.15, -0.1) is 11.3 Å². The van der Waals surface area contributed by atoms with E-state index in [1.165, 1.54) is 41.8 Å². The molecule has 0 aliphatic heterocycles. The summed E-state index contributed by atoms with van der Waals surface area (Å²) in [5.41, 5.74) is 4.09. The average Bonchev–Trinajstić information content (AvgIpc) is 3.08. The fourth-order valence-corrected chi connectivity index (χ4v) is 3.22. The fourth-order valence-electron chi connectivity index (χ4n) is 2.18. The van der Waals surface area contributed by atoms with E-state index in [-0.39, 0.29) is 28.9 Å². The van der Waals surface area contributed by atoms with E-state index in [9.17, 15) is 19.4 Å². The summed E-state index contributed by atoms with van der Waals surface area (Å²) in [6, 6.07) is 8.60. The number of carbonyl (C=O) groups excluding carboxylic acids is 1. The number of hydrazone groups is 1. The lowest BCUT2D eigenvalue weighted by Crippen LogP contribution is -2.19. The predicted molar refractivity (Wildman–Crippen MR) is 102 cm³/mol. The molecule has 2 aromatic carbocycles. The van der Waals surface area contributed by atoms with Crippen molar-refractivity contribution in [3.05, 3.63) is 63.9 Å². The van der Waals surface area contributed by atoms with Crippen molar-refractivity contribution in [3.8, 4) is 22.1 Å². The largest absolute Gasteiger partial charge is 0.504 e. The molecule has 0 atom stereocenters. The number of amides is 1. The van der Waals surface area contributed by atoms with E-state index in [2.05, 4.69) is 15.5 Å². The molecule has 9 heteroatoms. The lowest BCUT2D eigenvalue weighted by molar-refractivity contribution is -0.120. The zero-order valence-electron chi connectivity index (χ0n) is 13.7. The second-order valence-corrected chi connectivity index (χ2v) is 6.76. The number of aromatic hydroxyl groups is 2. The van der Waals surface area contributed by atoms with Gasteiger partial charge in [-0.1, -0.05) is 11.6 Å². The first-order chi connectivity index (χ1) is 12.9. The van der Waals surface area contributed by atoms with Crippen molar-refractivity contribution in [1.82, 2.24) is 10.4 Å². The zero-order valence-corrected chi connectivity index (χ0v) is 15.3. The first-order valence-corrected chi connectivity index (χ1v) is 8.92. The predicted octanol–water partition coefficient (Wildman–Crippen LogP) is 3.71. The van der Waals surface area contributed by atoms with Gasteiger partial charge < -0.3 is 10.2 Å². The number of halogens is 2. The number of carbonyl (C=O) groups is 1.